The third-order valence-electron chi connectivity index (χ3n) is 2.42. The number of hydrogen-bond donors (Lipinski definition) is 0. The van der Waals surface area contributed by atoms with Crippen LogP contribution in [-0.2, 0) is 0 Å². The molecule has 2 rings (SSSR count). The number of ether oxygens (including phenoxy) is 2. The molecule has 0 spiro atoms. The van der Waals surface area contributed by atoms with Crippen LogP contribution in [-0.4, -0.2) is 7.11 Å². The van der Waals surface area contributed by atoms with Gasteiger partial charge in [-0.15, -0.1) is 0 Å². The highest BCUT2D eigenvalue weighted by atomic mass is 79.9. The summed E-state index contributed by atoms with van der Waals surface area (Å²) in [6, 6.07) is 12.6. The van der Waals surface area contributed by atoms with Crippen molar-refractivity contribution in [2.75, 3.05) is 7.11 Å². The normalized spacial score (nSPS) is 9.79. The molecule has 2 aromatic carbocycles. The maximum Gasteiger partial charge on any atom is 0.143 e. The maximum absolute atomic E-state index is 8.74. The lowest BCUT2D eigenvalue weighted by molar-refractivity contribution is 0.409. The van der Waals surface area contributed by atoms with Gasteiger partial charge in [-0.25, -0.2) is 0 Å². The van der Waals surface area contributed by atoms with Crippen LogP contribution in [0.3, 0.4) is 0 Å². The number of halogens is 2. The molecule has 0 amide bonds. The molecule has 0 fully saturated rings. The Morgan fingerprint density at radius 2 is 1.58 bits per heavy atom. The molecule has 0 saturated heterocycles. The lowest BCUT2D eigenvalue weighted by Crippen LogP contribution is -1.89. The smallest absolute Gasteiger partial charge is 0.143 e. The van der Waals surface area contributed by atoms with Crippen LogP contribution in [0, 0.1) is 11.3 Å². The summed E-state index contributed by atoms with van der Waals surface area (Å²) in [7, 11) is 1.60. The Labute approximate surface area is 128 Å². The first-order valence-corrected chi connectivity index (χ1v) is 6.93. The lowest BCUT2D eigenvalue weighted by Gasteiger charge is -2.10. The largest absolute Gasteiger partial charge is 0.496 e. The van der Waals surface area contributed by atoms with Crippen LogP contribution in [0.25, 0.3) is 0 Å². The van der Waals surface area contributed by atoms with E-state index in [1.54, 1.807) is 31.4 Å². The van der Waals surface area contributed by atoms with E-state index in [0.29, 0.717) is 17.1 Å². The summed E-state index contributed by atoms with van der Waals surface area (Å²) >= 11 is 6.84. The van der Waals surface area contributed by atoms with Crippen molar-refractivity contribution in [1.29, 1.82) is 5.26 Å². The zero-order valence-corrected chi connectivity index (χ0v) is 13.2. The molecule has 0 saturated carbocycles. The van der Waals surface area contributed by atoms with E-state index in [9.17, 15) is 0 Å². The topological polar surface area (TPSA) is 42.2 Å². The lowest BCUT2D eigenvalue weighted by atomic mass is 10.2. The second kappa shape index (κ2) is 6.09. The summed E-state index contributed by atoms with van der Waals surface area (Å²) in [4.78, 5) is 0. The van der Waals surface area contributed by atoms with Gasteiger partial charge < -0.3 is 9.47 Å². The number of benzene rings is 2. The Morgan fingerprint density at radius 3 is 2.16 bits per heavy atom. The minimum atomic E-state index is 0.599. The van der Waals surface area contributed by atoms with Crippen LogP contribution in [0.4, 0.5) is 0 Å². The first-order valence-electron chi connectivity index (χ1n) is 5.35. The van der Waals surface area contributed by atoms with Crippen molar-refractivity contribution in [3.63, 3.8) is 0 Å². The standard InChI is InChI=1S/C14H9Br2NO2/c1-18-13-6-12(16)14(7-11(13)15)19-10-4-2-9(8-17)3-5-10/h2-7H,1H3. The first-order chi connectivity index (χ1) is 9.13. The monoisotopic (exact) mass is 381 g/mol. The average molecular weight is 383 g/mol. The highest BCUT2D eigenvalue weighted by molar-refractivity contribution is 9.11. The van der Waals surface area contributed by atoms with Crippen molar-refractivity contribution in [1.82, 2.24) is 0 Å². The van der Waals surface area contributed by atoms with Crippen LogP contribution in [0.2, 0.25) is 0 Å². The SMILES string of the molecule is COc1cc(Br)c(Oc2ccc(C#N)cc2)cc1Br. The van der Waals surface area contributed by atoms with Gasteiger partial charge in [0.15, 0.2) is 0 Å². The molecule has 0 unspecified atom stereocenters. The maximum atomic E-state index is 8.74. The van der Waals surface area contributed by atoms with E-state index in [-0.39, 0.29) is 0 Å². The van der Waals surface area contributed by atoms with E-state index in [2.05, 4.69) is 37.9 Å². The third-order valence-corrected chi connectivity index (χ3v) is 3.66. The summed E-state index contributed by atoms with van der Waals surface area (Å²) in [5.74, 6) is 2.05. The molecule has 0 atom stereocenters. The molecule has 0 bridgehead atoms. The Morgan fingerprint density at radius 1 is 1.00 bits per heavy atom. The van der Waals surface area contributed by atoms with Crippen molar-refractivity contribution < 1.29 is 9.47 Å². The fourth-order valence-electron chi connectivity index (χ4n) is 1.47. The number of methoxy groups -OCH3 is 1. The minimum absolute atomic E-state index is 0.599. The molecule has 0 aromatic heterocycles. The highest BCUT2D eigenvalue weighted by Crippen LogP contribution is 2.38. The predicted molar refractivity (Wildman–Crippen MR) is 79.6 cm³/mol. The molecule has 96 valence electrons. The van der Waals surface area contributed by atoms with Gasteiger partial charge in [-0.2, -0.15) is 5.26 Å². The zero-order valence-electron chi connectivity index (χ0n) is 9.98. The average Bonchev–Trinajstić information content (AvgIpc) is 2.43. The highest BCUT2D eigenvalue weighted by Gasteiger charge is 2.09. The Kier molecular flexibility index (Phi) is 4.46. The fraction of sp³-hybridized carbons (Fsp3) is 0.0714. The van der Waals surface area contributed by atoms with Gasteiger partial charge in [-0.05, 0) is 68.3 Å². The van der Waals surface area contributed by atoms with Crippen LogP contribution >= 0.6 is 31.9 Å². The number of nitrogens with zero attached hydrogens (tertiary/aromatic N) is 1. The van der Waals surface area contributed by atoms with Gasteiger partial charge in [0.05, 0.1) is 27.7 Å². The van der Waals surface area contributed by atoms with E-state index in [4.69, 9.17) is 14.7 Å². The molecule has 0 N–H and O–H groups in total. The molecular formula is C14H9Br2NO2. The van der Waals surface area contributed by atoms with Gasteiger partial charge in [-0.3, -0.25) is 0 Å². The van der Waals surface area contributed by atoms with Crippen molar-refractivity contribution in [3.05, 3.63) is 50.9 Å². The van der Waals surface area contributed by atoms with E-state index in [1.165, 1.54) is 0 Å². The fourth-order valence-corrected chi connectivity index (χ4v) is 2.36. The van der Waals surface area contributed by atoms with Crippen molar-refractivity contribution in [3.8, 4) is 23.3 Å². The quantitative estimate of drug-likeness (QED) is 0.759. The molecule has 2 aromatic rings. The van der Waals surface area contributed by atoms with E-state index in [0.717, 1.165) is 14.7 Å². The summed E-state index contributed by atoms with van der Waals surface area (Å²) < 4.78 is 12.5. The van der Waals surface area contributed by atoms with Gasteiger partial charge in [0.1, 0.15) is 17.2 Å². The zero-order chi connectivity index (χ0) is 13.8. The van der Waals surface area contributed by atoms with Gasteiger partial charge in [-0.1, -0.05) is 0 Å². The second-order valence-electron chi connectivity index (χ2n) is 3.66. The molecular weight excluding hydrogens is 374 g/mol. The molecule has 0 radical (unpaired) electrons. The Bertz CT molecular complexity index is 633. The summed E-state index contributed by atoms with van der Waals surface area (Å²) in [5, 5.41) is 8.74. The number of rotatable bonds is 3. The van der Waals surface area contributed by atoms with Gasteiger partial charge >= 0.3 is 0 Å². The predicted octanol–water partition coefficient (Wildman–Crippen LogP) is 4.88. The summed E-state index contributed by atoms with van der Waals surface area (Å²) in [6.45, 7) is 0. The van der Waals surface area contributed by atoms with Gasteiger partial charge in [0.25, 0.3) is 0 Å². The molecule has 3 nitrogen and oxygen atoms in total. The molecule has 0 aliphatic carbocycles. The summed E-state index contributed by atoms with van der Waals surface area (Å²) in [5.41, 5.74) is 0.599. The van der Waals surface area contributed by atoms with Crippen LogP contribution in [0.5, 0.6) is 17.2 Å². The van der Waals surface area contributed by atoms with Crippen LogP contribution in [0.1, 0.15) is 5.56 Å². The van der Waals surface area contributed by atoms with Gasteiger partial charge in [0.2, 0.25) is 0 Å². The van der Waals surface area contributed by atoms with E-state index < -0.39 is 0 Å². The van der Waals surface area contributed by atoms with E-state index in [1.807, 2.05) is 12.1 Å². The Balaban J connectivity index is 2.28. The van der Waals surface area contributed by atoms with Crippen LogP contribution < -0.4 is 9.47 Å². The number of hydrogen-bond acceptors (Lipinski definition) is 3. The first kappa shape index (κ1) is 13.9. The van der Waals surface area contributed by atoms with E-state index >= 15 is 0 Å². The molecule has 0 aliphatic heterocycles. The summed E-state index contributed by atoms with van der Waals surface area (Å²) in [6.07, 6.45) is 0. The van der Waals surface area contributed by atoms with Crippen LogP contribution in [0.15, 0.2) is 45.3 Å². The van der Waals surface area contributed by atoms with Crippen molar-refractivity contribution in [2.45, 2.75) is 0 Å². The van der Waals surface area contributed by atoms with Crippen molar-refractivity contribution in [2.24, 2.45) is 0 Å². The second-order valence-corrected chi connectivity index (χ2v) is 5.36. The number of nitriles is 1. The third kappa shape index (κ3) is 3.28. The Hall–Kier alpha value is -1.51. The molecule has 5 heteroatoms. The van der Waals surface area contributed by atoms with Crippen molar-refractivity contribution >= 4 is 31.9 Å². The minimum Gasteiger partial charge on any atom is -0.496 e. The molecule has 0 aliphatic rings. The van der Waals surface area contributed by atoms with Gasteiger partial charge in [0, 0.05) is 0 Å². The molecule has 19 heavy (non-hydrogen) atoms. The molecule has 0 heterocycles.